The van der Waals surface area contributed by atoms with Crippen LogP contribution in [-0.2, 0) is 6.61 Å². The summed E-state index contributed by atoms with van der Waals surface area (Å²) in [5.74, 6) is 0. The number of nitrogens with two attached hydrogens (primary N) is 1. The van der Waals surface area contributed by atoms with Gasteiger partial charge in [0, 0.05) is 10.8 Å². The van der Waals surface area contributed by atoms with Crippen molar-refractivity contribution in [1.82, 2.24) is 9.97 Å². The van der Waals surface area contributed by atoms with Crippen molar-refractivity contribution in [3.05, 3.63) is 15.8 Å². The largest absolute Gasteiger partial charge is 0.389 e. The molecule has 0 fully saturated rings. The van der Waals surface area contributed by atoms with E-state index in [2.05, 4.69) is 9.97 Å². The van der Waals surface area contributed by atoms with Crippen molar-refractivity contribution in [2.24, 2.45) is 0 Å². The highest BCUT2D eigenvalue weighted by atomic mass is 32.1. The Hall–Kier alpha value is -0.980. The third kappa shape index (κ3) is 1.69. The molecule has 0 aliphatic carbocycles. The summed E-state index contributed by atoms with van der Waals surface area (Å²) in [6.07, 6.45) is 0. The number of anilines is 1. The molecule has 4 nitrogen and oxygen atoms in total. The summed E-state index contributed by atoms with van der Waals surface area (Å²) in [7, 11) is 0. The van der Waals surface area contributed by atoms with Gasteiger partial charge in [-0.2, -0.15) is 0 Å². The second-order valence-corrected chi connectivity index (χ2v) is 4.19. The fourth-order valence-electron chi connectivity index (χ4n) is 0.906. The van der Waals surface area contributed by atoms with Gasteiger partial charge in [0.05, 0.1) is 6.61 Å². The minimum absolute atomic E-state index is 0.0235. The maximum atomic E-state index is 8.81. The van der Waals surface area contributed by atoms with Crippen molar-refractivity contribution in [3.8, 4) is 11.4 Å². The zero-order chi connectivity index (χ0) is 9.26. The number of rotatable bonds is 2. The Morgan fingerprint density at radius 2 is 1.92 bits per heavy atom. The molecule has 2 aromatic heterocycles. The lowest BCUT2D eigenvalue weighted by Crippen LogP contribution is -1.84. The van der Waals surface area contributed by atoms with Gasteiger partial charge in [-0.25, -0.2) is 9.97 Å². The van der Waals surface area contributed by atoms with Crippen LogP contribution in [-0.4, -0.2) is 15.1 Å². The minimum atomic E-state index is -0.0235. The topological polar surface area (TPSA) is 72.0 Å². The fourth-order valence-corrected chi connectivity index (χ4v) is 2.11. The highest BCUT2D eigenvalue weighted by Gasteiger charge is 2.06. The van der Waals surface area contributed by atoms with Gasteiger partial charge in [-0.1, -0.05) is 0 Å². The Bertz CT molecular complexity index is 409. The highest BCUT2D eigenvalue weighted by Crippen LogP contribution is 2.24. The van der Waals surface area contributed by atoms with Crippen molar-refractivity contribution >= 4 is 27.8 Å². The van der Waals surface area contributed by atoms with Crippen LogP contribution in [0.25, 0.3) is 11.4 Å². The summed E-state index contributed by atoms with van der Waals surface area (Å²) in [5, 5.41) is 13.8. The predicted octanol–water partition coefficient (Wildman–Crippen LogP) is 1.34. The van der Waals surface area contributed by atoms with E-state index in [9.17, 15) is 0 Å². The van der Waals surface area contributed by atoms with Gasteiger partial charge in [0.2, 0.25) is 0 Å². The van der Waals surface area contributed by atoms with E-state index in [0.717, 1.165) is 11.4 Å². The third-order valence-electron chi connectivity index (χ3n) is 1.47. The molecule has 6 heteroatoms. The van der Waals surface area contributed by atoms with Crippen LogP contribution >= 0.6 is 22.7 Å². The number of nitrogen functional groups attached to an aromatic ring is 1. The summed E-state index contributed by atoms with van der Waals surface area (Å²) < 4.78 is 0. The summed E-state index contributed by atoms with van der Waals surface area (Å²) in [4.78, 5) is 8.26. The first-order valence-corrected chi connectivity index (χ1v) is 5.32. The smallest absolute Gasteiger partial charge is 0.180 e. The zero-order valence-electron chi connectivity index (χ0n) is 6.60. The van der Waals surface area contributed by atoms with Gasteiger partial charge in [-0.3, -0.25) is 0 Å². The van der Waals surface area contributed by atoms with Gasteiger partial charge in [0.25, 0.3) is 0 Å². The maximum absolute atomic E-state index is 8.81. The molecular weight excluding hydrogens is 206 g/mol. The van der Waals surface area contributed by atoms with Crippen LogP contribution in [0, 0.1) is 0 Å². The Balaban J connectivity index is 2.35. The van der Waals surface area contributed by atoms with Crippen LogP contribution in [0.15, 0.2) is 10.8 Å². The van der Waals surface area contributed by atoms with Gasteiger partial charge in [0.1, 0.15) is 16.4 Å². The van der Waals surface area contributed by atoms with Crippen molar-refractivity contribution in [1.29, 1.82) is 0 Å². The van der Waals surface area contributed by atoms with Crippen LogP contribution < -0.4 is 5.73 Å². The summed E-state index contributed by atoms with van der Waals surface area (Å²) in [6, 6.07) is 0. The average Bonchev–Trinajstić information content (AvgIpc) is 2.71. The van der Waals surface area contributed by atoms with Crippen LogP contribution in [0.1, 0.15) is 5.01 Å². The predicted molar refractivity (Wildman–Crippen MR) is 53.6 cm³/mol. The number of aromatic nitrogens is 2. The van der Waals surface area contributed by atoms with Gasteiger partial charge < -0.3 is 10.8 Å². The first-order chi connectivity index (χ1) is 6.29. The summed E-state index contributed by atoms with van der Waals surface area (Å²) >= 11 is 2.80. The quantitative estimate of drug-likeness (QED) is 0.789. The van der Waals surface area contributed by atoms with E-state index >= 15 is 0 Å². The van der Waals surface area contributed by atoms with E-state index in [1.54, 1.807) is 0 Å². The molecular formula is C7H7N3OS2. The summed E-state index contributed by atoms with van der Waals surface area (Å²) in [5.41, 5.74) is 7.04. The molecule has 0 radical (unpaired) electrons. The molecule has 2 rings (SSSR count). The Kier molecular flexibility index (Phi) is 2.26. The normalized spacial score (nSPS) is 10.5. The van der Waals surface area contributed by atoms with Crippen molar-refractivity contribution in [2.75, 3.05) is 5.73 Å². The molecule has 13 heavy (non-hydrogen) atoms. The second-order valence-electron chi connectivity index (χ2n) is 2.36. The lowest BCUT2D eigenvalue weighted by atomic mass is 10.4. The molecule has 0 atom stereocenters. The van der Waals surface area contributed by atoms with Gasteiger partial charge in [0.15, 0.2) is 5.13 Å². The highest BCUT2D eigenvalue weighted by molar-refractivity contribution is 7.14. The molecule has 0 amide bonds. The van der Waals surface area contributed by atoms with E-state index in [1.165, 1.54) is 22.7 Å². The van der Waals surface area contributed by atoms with Crippen molar-refractivity contribution < 1.29 is 5.11 Å². The van der Waals surface area contributed by atoms with E-state index in [1.807, 2.05) is 10.8 Å². The SMILES string of the molecule is Nc1nc(-c2csc(CO)n2)cs1. The second kappa shape index (κ2) is 3.41. The first-order valence-electron chi connectivity index (χ1n) is 3.56. The Morgan fingerprint density at radius 1 is 1.23 bits per heavy atom. The van der Waals surface area contributed by atoms with Gasteiger partial charge >= 0.3 is 0 Å². The van der Waals surface area contributed by atoms with Crippen LogP contribution in [0.5, 0.6) is 0 Å². The molecule has 0 aliphatic heterocycles. The van der Waals surface area contributed by atoms with E-state index in [4.69, 9.17) is 10.8 Å². The molecule has 0 spiro atoms. The molecule has 0 saturated heterocycles. The molecule has 2 aromatic rings. The first kappa shape index (κ1) is 8.61. The Morgan fingerprint density at radius 3 is 2.46 bits per heavy atom. The number of hydrogen-bond acceptors (Lipinski definition) is 6. The molecule has 2 heterocycles. The molecule has 0 saturated carbocycles. The van der Waals surface area contributed by atoms with Crippen LogP contribution in [0.4, 0.5) is 5.13 Å². The maximum Gasteiger partial charge on any atom is 0.180 e. The standard InChI is InChI=1S/C7H7N3OS2/c8-7-10-5(3-13-7)4-2-12-6(1-11)9-4/h2-3,11H,1H2,(H2,8,10). The van der Waals surface area contributed by atoms with Crippen LogP contribution in [0.2, 0.25) is 0 Å². The number of aliphatic hydroxyl groups is 1. The molecule has 0 unspecified atom stereocenters. The molecule has 0 bridgehead atoms. The van der Waals surface area contributed by atoms with Gasteiger partial charge in [-0.05, 0) is 0 Å². The molecule has 3 N–H and O–H groups in total. The summed E-state index contributed by atoms with van der Waals surface area (Å²) in [6.45, 7) is -0.0235. The molecule has 68 valence electrons. The third-order valence-corrected chi connectivity index (χ3v) is 2.98. The average molecular weight is 213 g/mol. The van der Waals surface area contributed by atoms with Crippen molar-refractivity contribution in [2.45, 2.75) is 6.61 Å². The fraction of sp³-hybridized carbons (Fsp3) is 0.143. The monoisotopic (exact) mass is 213 g/mol. The number of hydrogen-bond donors (Lipinski definition) is 2. The van der Waals surface area contributed by atoms with Crippen LogP contribution in [0.3, 0.4) is 0 Å². The van der Waals surface area contributed by atoms with E-state index in [-0.39, 0.29) is 6.61 Å². The number of thiazole rings is 2. The van der Waals surface area contributed by atoms with Gasteiger partial charge in [-0.15, -0.1) is 22.7 Å². The lowest BCUT2D eigenvalue weighted by molar-refractivity contribution is 0.281. The zero-order valence-corrected chi connectivity index (χ0v) is 8.23. The number of nitrogens with zero attached hydrogens (tertiary/aromatic N) is 2. The Labute approximate surface area is 82.7 Å². The molecule has 0 aromatic carbocycles. The van der Waals surface area contributed by atoms with Crippen molar-refractivity contribution in [3.63, 3.8) is 0 Å². The number of aliphatic hydroxyl groups excluding tert-OH is 1. The lowest BCUT2D eigenvalue weighted by Gasteiger charge is -1.86. The minimum Gasteiger partial charge on any atom is -0.389 e. The van der Waals surface area contributed by atoms with E-state index in [0.29, 0.717) is 10.1 Å². The van der Waals surface area contributed by atoms with E-state index < -0.39 is 0 Å². The molecule has 0 aliphatic rings.